The summed E-state index contributed by atoms with van der Waals surface area (Å²) in [5.74, 6) is 0.766. The topological polar surface area (TPSA) is 44.8 Å². The van der Waals surface area contributed by atoms with Crippen LogP contribution in [0.4, 0.5) is 0 Å². The fraction of sp³-hybridized carbons (Fsp3) is 0.400. The summed E-state index contributed by atoms with van der Waals surface area (Å²) in [6.45, 7) is 2.64. The van der Waals surface area contributed by atoms with Gasteiger partial charge in [-0.05, 0) is 30.0 Å². The summed E-state index contributed by atoms with van der Waals surface area (Å²) < 4.78 is 18.3. The summed E-state index contributed by atoms with van der Waals surface area (Å²) in [6.07, 6.45) is 0.559. The molecule has 148 valence electrons. The maximum atomic E-state index is 13.9. The molecular weight excluding hydrogens is 364 g/mol. The molecule has 0 spiro atoms. The molecule has 0 radical (unpaired) electrons. The van der Waals surface area contributed by atoms with Crippen molar-refractivity contribution in [3.05, 3.63) is 82.6 Å². The third kappa shape index (κ3) is 2.08. The van der Waals surface area contributed by atoms with Gasteiger partial charge in [0.2, 0.25) is 0 Å². The molecule has 1 saturated heterocycles. The molecule has 4 heteroatoms. The van der Waals surface area contributed by atoms with Crippen molar-refractivity contribution >= 4 is 5.78 Å². The molecule has 2 aliphatic heterocycles. The average molecular weight is 388 g/mol. The van der Waals surface area contributed by atoms with Crippen LogP contribution < -0.4 is 0 Å². The smallest absolute Gasteiger partial charge is 0.170 e. The minimum absolute atomic E-state index is 0.0128. The molecule has 2 aliphatic carbocycles. The van der Waals surface area contributed by atoms with Crippen LogP contribution in [-0.4, -0.2) is 25.6 Å². The minimum Gasteiger partial charge on any atom is -0.500 e. The summed E-state index contributed by atoms with van der Waals surface area (Å²) >= 11 is 0. The first-order valence-electron chi connectivity index (χ1n) is 10.5. The number of methoxy groups -OCH3 is 1. The first kappa shape index (κ1) is 17.4. The van der Waals surface area contributed by atoms with Crippen molar-refractivity contribution in [2.24, 2.45) is 11.8 Å². The largest absolute Gasteiger partial charge is 0.500 e. The third-order valence-corrected chi connectivity index (χ3v) is 7.26. The number of carbonyl (C=O) groups is 1. The molecular formula is C25H24O4. The van der Waals surface area contributed by atoms with E-state index >= 15 is 0 Å². The lowest BCUT2D eigenvalue weighted by Crippen LogP contribution is -2.27. The molecule has 0 amide bonds. The second-order valence-electron chi connectivity index (χ2n) is 8.45. The zero-order chi connectivity index (χ0) is 19.8. The van der Waals surface area contributed by atoms with Gasteiger partial charge in [-0.1, -0.05) is 54.6 Å². The van der Waals surface area contributed by atoms with Crippen LogP contribution in [0.3, 0.4) is 0 Å². The summed E-state index contributed by atoms with van der Waals surface area (Å²) in [5.41, 5.74) is 3.92. The Bertz CT molecular complexity index is 1030. The average Bonchev–Trinajstić information content (AvgIpc) is 3.06. The molecule has 2 heterocycles. The van der Waals surface area contributed by atoms with Crippen LogP contribution in [0, 0.1) is 11.8 Å². The van der Waals surface area contributed by atoms with Crippen LogP contribution >= 0.6 is 0 Å². The lowest BCUT2D eigenvalue weighted by atomic mass is 9.76. The van der Waals surface area contributed by atoms with Gasteiger partial charge in [0.15, 0.2) is 5.78 Å². The van der Waals surface area contributed by atoms with Crippen molar-refractivity contribution < 1.29 is 19.0 Å². The third-order valence-electron chi connectivity index (χ3n) is 7.26. The Morgan fingerprint density at radius 3 is 2.31 bits per heavy atom. The molecule has 4 unspecified atom stereocenters. The fourth-order valence-electron chi connectivity index (χ4n) is 6.08. The monoisotopic (exact) mass is 388 g/mol. The van der Waals surface area contributed by atoms with E-state index in [4.69, 9.17) is 14.2 Å². The number of Topliss-reactive ketones (excluding diaryl/α,β-unsaturated/α-hetero) is 1. The predicted octanol–water partition coefficient (Wildman–Crippen LogP) is 4.28. The highest BCUT2D eigenvalue weighted by Gasteiger charge is 2.69. The quantitative estimate of drug-likeness (QED) is 0.767. The Kier molecular flexibility index (Phi) is 3.63. The molecule has 2 fully saturated rings. The molecule has 4 nitrogen and oxygen atoms in total. The van der Waals surface area contributed by atoms with Crippen LogP contribution in [0.1, 0.15) is 42.2 Å². The van der Waals surface area contributed by atoms with E-state index in [2.05, 4.69) is 24.3 Å². The van der Waals surface area contributed by atoms with Crippen molar-refractivity contribution in [2.45, 2.75) is 37.1 Å². The highest BCUT2D eigenvalue weighted by atomic mass is 16.5. The van der Waals surface area contributed by atoms with Crippen LogP contribution in [-0.2, 0) is 24.4 Å². The summed E-state index contributed by atoms with van der Waals surface area (Å²) in [5, 5.41) is 0. The standard InChI is InChI=1S/C25H24O4/c1-3-28-17-13-25(17,14-9-5-4-6-10-14)20-21(26)18-19(24(20)27-2)23-16-12-8-7-11-15(16)22(18)29-23/h4-12,17-19,22-23H,3,13H2,1-2H3/t17?,18?,19?,22-,23+,25?/m0/s1. The number of hydrogen-bond acceptors (Lipinski definition) is 4. The molecule has 0 N–H and O–H groups in total. The molecule has 29 heavy (non-hydrogen) atoms. The zero-order valence-corrected chi connectivity index (χ0v) is 16.6. The van der Waals surface area contributed by atoms with E-state index in [1.165, 1.54) is 5.56 Å². The van der Waals surface area contributed by atoms with E-state index in [-0.39, 0.29) is 35.9 Å². The molecule has 1 saturated carbocycles. The van der Waals surface area contributed by atoms with Gasteiger partial charge in [0.05, 0.1) is 42.7 Å². The highest BCUT2D eigenvalue weighted by molar-refractivity contribution is 6.05. The fourth-order valence-corrected chi connectivity index (χ4v) is 6.08. The maximum absolute atomic E-state index is 13.9. The number of hydrogen-bond donors (Lipinski definition) is 0. The van der Waals surface area contributed by atoms with Gasteiger partial charge in [0.25, 0.3) is 0 Å². The normalized spacial score (nSPS) is 36.3. The first-order chi connectivity index (χ1) is 14.2. The van der Waals surface area contributed by atoms with Gasteiger partial charge >= 0.3 is 0 Å². The van der Waals surface area contributed by atoms with E-state index in [1.807, 2.05) is 37.3 Å². The lowest BCUT2D eigenvalue weighted by Gasteiger charge is -2.24. The van der Waals surface area contributed by atoms with Crippen molar-refractivity contribution in [2.75, 3.05) is 13.7 Å². The van der Waals surface area contributed by atoms with E-state index in [1.54, 1.807) is 7.11 Å². The molecule has 6 atom stereocenters. The van der Waals surface area contributed by atoms with Gasteiger partial charge < -0.3 is 14.2 Å². The molecule has 6 rings (SSSR count). The van der Waals surface area contributed by atoms with Gasteiger partial charge in [-0.3, -0.25) is 4.79 Å². The molecule has 4 aliphatic rings. The molecule has 2 aromatic rings. The summed E-state index contributed by atoms with van der Waals surface area (Å²) in [6, 6.07) is 18.6. The van der Waals surface area contributed by atoms with E-state index in [0.717, 1.165) is 28.9 Å². The van der Waals surface area contributed by atoms with Crippen molar-refractivity contribution in [3.8, 4) is 0 Å². The number of benzene rings is 2. The maximum Gasteiger partial charge on any atom is 0.170 e. The van der Waals surface area contributed by atoms with Crippen LogP contribution in [0.15, 0.2) is 65.9 Å². The van der Waals surface area contributed by atoms with Crippen LogP contribution in [0.25, 0.3) is 0 Å². The van der Waals surface area contributed by atoms with E-state index in [9.17, 15) is 4.79 Å². The Morgan fingerprint density at radius 1 is 1.00 bits per heavy atom. The van der Waals surface area contributed by atoms with Crippen molar-refractivity contribution in [1.82, 2.24) is 0 Å². The SMILES string of the molecule is CCOC1CC1(C1=C(OC)C2C(C1=O)[C@H]1O[C@@H]2c2ccccc21)c1ccccc1. The number of ketones is 1. The Morgan fingerprint density at radius 2 is 1.66 bits per heavy atom. The van der Waals surface area contributed by atoms with Crippen LogP contribution in [0.5, 0.6) is 0 Å². The molecule has 0 aromatic heterocycles. The van der Waals surface area contributed by atoms with Gasteiger partial charge in [-0.25, -0.2) is 0 Å². The second-order valence-corrected chi connectivity index (χ2v) is 8.45. The number of ether oxygens (including phenoxy) is 3. The van der Waals surface area contributed by atoms with E-state index in [0.29, 0.717) is 6.61 Å². The Balaban J connectivity index is 1.50. The number of carbonyl (C=O) groups excluding carboxylic acids is 1. The van der Waals surface area contributed by atoms with Crippen molar-refractivity contribution in [3.63, 3.8) is 0 Å². The predicted molar refractivity (Wildman–Crippen MR) is 107 cm³/mol. The number of fused-ring (bicyclic) bond motifs is 8. The summed E-state index contributed by atoms with van der Waals surface area (Å²) in [7, 11) is 1.69. The zero-order valence-electron chi connectivity index (χ0n) is 16.6. The van der Waals surface area contributed by atoms with Crippen molar-refractivity contribution in [1.29, 1.82) is 0 Å². The van der Waals surface area contributed by atoms with Gasteiger partial charge in [-0.15, -0.1) is 0 Å². The Hall–Kier alpha value is -2.43. The first-order valence-corrected chi connectivity index (χ1v) is 10.5. The van der Waals surface area contributed by atoms with E-state index < -0.39 is 5.41 Å². The Labute approximate surface area is 170 Å². The summed E-state index contributed by atoms with van der Waals surface area (Å²) in [4.78, 5) is 13.9. The second kappa shape index (κ2) is 6.04. The minimum atomic E-state index is -0.407. The van der Waals surface area contributed by atoms with Gasteiger partial charge in [0.1, 0.15) is 5.76 Å². The number of rotatable bonds is 5. The van der Waals surface area contributed by atoms with Crippen LogP contribution in [0.2, 0.25) is 0 Å². The van der Waals surface area contributed by atoms with Gasteiger partial charge in [-0.2, -0.15) is 0 Å². The van der Waals surface area contributed by atoms with Gasteiger partial charge in [0, 0.05) is 12.2 Å². The highest BCUT2D eigenvalue weighted by Crippen LogP contribution is 2.68. The lowest BCUT2D eigenvalue weighted by molar-refractivity contribution is -0.121. The molecule has 2 aromatic carbocycles. The molecule has 2 bridgehead atoms.